The number of ether oxygens (including phenoxy) is 1. The van der Waals surface area contributed by atoms with E-state index in [1.54, 1.807) is 0 Å². The number of hydrogen-bond acceptors (Lipinski definition) is 5. The van der Waals surface area contributed by atoms with Crippen molar-refractivity contribution in [3.63, 3.8) is 0 Å². The number of hydrogen-bond donors (Lipinski definition) is 2. The number of β-amino-alcohol motifs (C(OH)–C–C–N with tert-alkyl or cyclic N) is 1. The van der Waals surface area contributed by atoms with Crippen molar-refractivity contribution in [2.75, 3.05) is 45.6 Å². The third-order valence-electron chi connectivity index (χ3n) is 2.90. The molecule has 1 saturated heterocycles. The van der Waals surface area contributed by atoms with E-state index in [-0.39, 0.29) is 18.9 Å². The Hall–Kier alpha value is -0.210. The van der Waals surface area contributed by atoms with Crippen LogP contribution in [0.1, 0.15) is 13.3 Å². The molecule has 1 heterocycles. The average Bonchev–Trinajstić information content (AvgIpc) is 2.65. The molecule has 7 heteroatoms. The minimum atomic E-state index is -3.34. The van der Waals surface area contributed by atoms with E-state index in [0.29, 0.717) is 19.6 Å². The van der Waals surface area contributed by atoms with Crippen LogP contribution in [0.3, 0.4) is 0 Å². The first-order valence-corrected chi connectivity index (χ1v) is 7.45. The maximum Gasteiger partial charge on any atom is 0.216 e. The van der Waals surface area contributed by atoms with Crippen molar-refractivity contribution in [3.8, 4) is 0 Å². The van der Waals surface area contributed by atoms with Gasteiger partial charge >= 0.3 is 0 Å². The second kappa shape index (κ2) is 6.10. The van der Waals surface area contributed by atoms with Gasteiger partial charge in [-0.15, -0.1) is 0 Å². The van der Waals surface area contributed by atoms with Crippen molar-refractivity contribution >= 4 is 10.0 Å². The van der Waals surface area contributed by atoms with Crippen LogP contribution in [0, 0.1) is 0 Å². The van der Waals surface area contributed by atoms with Gasteiger partial charge in [-0.25, -0.2) is 12.7 Å². The molecule has 1 unspecified atom stereocenters. The maximum atomic E-state index is 11.8. The lowest BCUT2D eigenvalue weighted by atomic mass is 10.0. The third-order valence-corrected chi connectivity index (χ3v) is 4.66. The first-order valence-electron chi connectivity index (χ1n) is 5.84. The van der Waals surface area contributed by atoms with Crippen molar-refractivity contribution in [1.82, 2.24) is 9.62 Å². The van der Waals surface area contributed by atoms with Crippen LogP contribution in [0.25, 0.3) is 0 Å². The molecule has 0 radical (unpaired) electrons. The lowest BCUT2D eigenvalue weighted by molar-refractivity contribution is 0.0460. The summed E-state index contributed by atoms with van der Waals surface area (Å²) in [5.74, 6) is -0.0408. The minimum Gasteiger partial charge on any atom is -0.387 e. The first-order chi connectivity index (χ1) is 7.90. The Kier molecular flexibility index (Phi) is 5.33. The predicted octanol–water partition coefficient (Wildman–Crippen LogP) is -0.991. The molecule has 0 aromatic rings. The molecule has 6 nitrogen and oxygen atoms in total. The quantitative estimate of drug-likeness (QED) is 0.578. The van der Waals surface area contributed by atoms with Crippen molar-refractivity contribution in [1.29, 1.82) is 0 Å². The average molecular weight is 266 g/mol. The maximum absolute atomic E-state index is 11.8. The van der Waals surface area contributed by atoms with E-state index < -0.39 is 15.6 Å². The van der Waals surface area contributed by atoms with Crippen LogP contribution in [-0.4, -0.2) is 69.1 Å². The molecule has 1 aliphatic heterocycles. The Morgan fingerprint density at radius 3 is 2.76 bits per heavy atom. The van der Waals surface area contributed by atoms with Crippen molar-refractivity contribution < 1.29 is 18.3 Å². The Morgan fingerprint density at radius 1 is 1.53 bits per heavy atom. The molecular formula is C10H22N2O4S. The fraction of sp³-hybridized carbons (Fsp3) is 1.00. The van der Waals surface area contributed by atoms with Crippen molar-refractivity contribution in [2.45, 2.75) is 18.9 Å². The molecule has 102 valence electrons. The smallest absolute Gasteiger partial charge is 0.216 e. The van der Waals surface area contributed by atoms with Crippen LogP contribution in [0.15, 0.2) is 0 Å². The largest absolute Gasteiger partial charge is 0.387 e. The molecule has 0 spiro atoms. The molecule has 0 aromatic heterocycles. The molecule has 0 amide bonds. The van der Waals surface area contributed by atoms with Gasteiger partial charge in [0.15, 0.2) is 0 Å². The number of nitrogens with one attached hydrogen (secondary N) is 1. The van der Waals surface area contributed by atoms with Gasteiger partial charge in [-0.05, 0) is 19.9 Å². The van der Waals surface area contributed by atoms with Gasteiger partial charge in [0, 0.05) is 26.7 Å². The monoisotopic (exact) mass is 266 g/mol. The van der Waals surface area contributed by atoms with Crippen molar-refractivity contribution in [2.24, 2.45) is 0 Å². The number of aliphatic hydroxyl groups is 1. The molecule has 1 rings (SSSR count). The van der Waals surface area contributed by atoms with E-state index in [2.05, 4.69) is 5.32 Å². The topological polar surface area (TPSA) is 78.9 Å². The predicted molar refractivity (Wildman–Crippen MR) is 65.3 cm³/mol. The molecular weight excluding hydrogens is 244 g/mol. The van der Waals surface area contributed by atoms with E-state index in [4.69, 9.17) is 4.74 Å². The summed E-state index contributed by atoms with van der Waals surface area (Å²) in [4.78, 5) is 0. The number of likely N-dealkylation sites (N-methyl/N-ethyl adjacent to an activating group) is 1. The molecule has 1 aliphatic rings. The van der Waals surface area contributed by atoms with Gasteiger partial charge in [-0.3, -0.25) is 0 Å². The fourth-order valence-corrected chi connectivity index (χ4v) is 2.92. The second-order valence-corrected chi connectivity index (χ2v) is 6.62. The highest BCUT2D eigenvalue weighted by Gasteiger charge is 2.35. The summed E-state index contributed by atoms with van der Waals surface area (Å²) in [6, 6.07) is 0. The highest BCUT2D eigenvalue weighted by molar-refractivity contribution is 7.89. The molecule has 0 aliphatic carbocycles. The Bertz CT molecular complexity index is 325. The molecule has 17 heavy (non-hydrogen) atoms. The van der Waals surface area contributed by atoms with Crippen LogP contribution in [0.2, 0.25) is 0 Å². The summed E-state index contributed by atoms with van der Waals surface area (Å²) in [7, 11) is -1.84. The van der Waals surface area contributed by atoms with E-state index in [9.17, 15) is 13.5 Å². The second-order valence-electron chi connectivity index (χ2n) is 4.42. The molecule has 1 fully saturated rings. The van der Waals surface area contributed by atoms with Gasteiger partial charge in [0.2, 0.25) is 10.0 Å². The summed E-state index contributed by atoms with van der Waals surface area (Å²) in [5, 5.41) is 13.1. The zero-order valence-electron chi connectivity index (χ0n) is 10.5. The lowest BCUT2D eigenvalue weighted by Gasteiger charge is -2.27. The van der Waals surface area contributed by atoms with E-state index in [0.717, 1.165) is 6.54 Å². The lowest BCUT2D eigenvalue weighted by Crippen LogP contribution is -2.46. The Morgan fingerprint density at radius 2 is 2.24 bits per heavy atom. The zero-order valence-corrected chi connectivity index (χ0v) is 11.3. The Balaban J connectivity index is 2.47. The fourth-order valence-electron chi connectivity index (χ4n) is 1.84. The summed E-state index contributed by atoms with van der Waals surface area (Å²) < 4.78 is 30.0. The van der Waals surface area contributed by atoms with E-state index in [1.165, 1.54) is 11.4 Å². The van der Waals surface area contributed by atoms with E-state index >= 15 is 0 Å². The SMILES string of the molecule is CCOCCS(=O)(=O)N(C)CC1(O)CCNC1. The first kappa shape index (κ1) is 14.8. The normalized spacial score (nSPS) is 25.6. The Labute approximate surface area is 103 Å². The summed E-state index contributed by atoms with van der Waals surface area (Å²) in [6.07, 6.45) is 0.582. The van der Waals surface area contributed by atoms with Crippen LogP contribution >= 0.6 is 0 Å². The van der Waals surface area contributed by atoms with Gasteiger partial charge in [-0.1, -0.05) is 0 Å². The zero-order chi connectivity index (χ0) is 12.9. The number of sulfonamides is 1. The number of nitrogens with zero attached hydrogens (tertiary/aromatic N) is 1. The highest BCUT2D eigenvalue weighted by atomic mass is 32.2. The van der Waals surface area contributed by atoms with Crippen LogP contribution in [0.5, 0.6) is 0 Å². The summed E-state index contributed by atoms with van der Waals surface area (Å²) in [6.45, 7) is 3.83. The van der Waals surface area contributed by atoms with Crippen LogP contribution in [0.4, 0.5) is 0 Å². The van der Waals surface area contributed by atoms with E-state index in [1.807, 2.05) is 6.92 Å². The molecule has 2 N–H and O–H groups in total. The van der Waals surface area contributed by atoms with Gasteiger partial charge in [0.25, 0.3) is 0 Å². The van der Waals surface area contributed by atoms with Crippen LogP contribution < -0.4 is 5.32 Å². The molecule has 0 aromatic carbocycles. The van der Waals surface area contributed by atoms with Gasteiger partial charge in [0.1, 0.15) is 0 Å². The van der Waals surface area contributed by atoms with Crippen molar-refractivity contribution in [3.05, 3.63) is 0 Å². The molecule has 0 saturated carbocycles. The molecule has 0 bridgehead atoms. The minimum absolute atomic E-state index is 0.0408. The van der Waals surface area contributed by atoms with Gasteiger partial charge in [0.05, 0.1) is 18.0 Å². The summed E-state index contributed by atoms with van der Waals surface area (Å²) >= 11 is 0. The van der Waals surface area contributed by atoms with Crippen LogP contribution in [-0.2, 0) is 14.8 Å². The number of rotatable bonds is 7. The highest BCUT2D eigenvalue weighted by Crippen LogP contribution is 2.16. The van der Waals surface area contributed by atoms with Gasteiger partial charge in [-0.2, -0.15) is 0 Å². The summed E-state index contributed by atoms with van der Waals surface area (Å²) in [5.41, 5.74) is -0.937. The molecule has 1 atom stereocenters. The van der Waals surface area contributed by atoms with Gasteiger partial charge < -0.3 is 15.2 Å². The third kappa shape index (κ3) is 4.51. The standard InChI is InChI=1S/C10H22N2O4S/c1-3-16-6-7-17(14,15)12(2)9-10(13)4-5-11-8-10/h11,13H,3-9H2,1-2H3.